The smallest absolute Gasteiger partial charge is 0.240 e. The summed E-state index contributed by atoms with van der Waals surface area (Å²) in [6, 6.07) is 12.9. The highest BCUT2D eigenvalue weighted by atomic mass is 16.5. The van der Waals surface area contributed by atoms with Gasteiger partial charge in [0.05, 0.1) is 24.1 Å². The average Bonchev–Trinajstić information content (AvgIpc) is 3.38. The normalized spacial score (nSPS) is 25.3. The van der Waals surface area contributed by atoms with E-state index >= 15 is 0 Å². The highest BCUT2D eigenvalue weighted by Crippen LogP contribution is 2.51. The van der Waals surface area contributed by atoms with Gasteiger partial charge in [-0.3, -0.25) is 24.5 Å². The zero-order valence-electron chi connectivity index (χ0n) is 18.8. The molecule has 0 aromatic heterocycles. The fraction of sp³-hybridized carbons (Fsp3) is 0.385. The van der Waals surface area contributed by atoms with Crippen LogP contribution in [-0.2, 0) is 9.59 Å². The van der Waals surface area contributed by atoms with E-state index in [1.807, 2.05) is 20.8 Å². The lowest BCUT2D eigenvalue weighted by Gasteiger charge is -2.29. The molecule has 1 aliphatic carbocycles. The van der Waals surface area contributed by atoms with Gasteiger partial charge in [0.25, 0.3) is 0 Å². The molecule has 0 saturated carbocycles. The highest BCUT2D eigenvalue weighted by Gasteiger charge is 2.73. The summed E-state index contributed by atoms with van der Waals surface area (Å²) in [5, 5.41) is 3.19. The van der Waals surface area contributed by atoms with Gasteiger partial charge in [-0.25, -0.2) is 4.90 Å². The van der Waals surface area contributed by atoms with Crippen LogP contribution in [0.4, 0.5) is 5.69 Å². The number of carbonyl (C=O) groups is 4. The maximum absolute atomic E-state index is 13.8. The Labute approximate surface area is 192 Å². The van der Waals surface area contributed by atoms with E-state index in [1.54, 1.807) is 48.5 Å². The summed E-state index contributed by atoms with van der Waals surface area (Å²) in [5.41, 5.74) is -0.727. The van der Waals surface area contributed by atoms with Crippen LogP contribution in [0.15, 0.2) is 48.5 Å². The molecule has 0 radical (unpaired) electrons. The Hall–Kier alpha value is -3.32. The van der Waals surface area contributed by atoms with Gasteiger partial charge in [-0.1, -0.05) is 45.0 Å². The number of rotatable bonds is 5. The third-order valence-corrected chi connectivity index (χ3v) is 7.02. The van der Waals surface area contributed by atoms with E-state index in [2.05, 4.69) is 5.32 Å². The number of ketones is 2. The average molecular weight is 447 g/mol. The zero-order chi connectivity index (χ0) is 23.5. The van der Waals surface area contributed by atoms with Crippen molar-refractivity contribution in [3.63, 3.8) is 0 Å². The van der Waals surface area contributed by atoms with E-state index in [9.17, 15) is 19.2 Å². The molecule has 1 spiro atoms. The van der Waals surface area contributed by atoms with Crippen molar-refractivity contribution in [1.29, 1.82) is 0 Å². The summed E-state index contributed by atoms with van der Waals surface area (Å²) in [6.07, 6.45) is 0.865. The lowest BCUT2D eigenvalue weighted by Crippen LogP contribution is -2.59. The molecule has 3 aliphatic rings. The minimum Gasteiger partial charge on any atom is -0.494 e. The maximum atomic E-state index is 13.8. The van der Waals surface area contributed by atoms with E-state index in [1.165, 1.54) is 0 Å². The second-order valence-corrected chi connectivity index (χ2v) is 9.28. The molecular formula is C26H26N2O5. The van der Waals surface area contributed by atoms with Gasteiger partial charge in [0.1, 0.15) is 5.75 Å². The van der Waals surface area contributed by atoms with Crippen LogP contribution < -0.4 is 15.0 Å². The lowest BCUT2D eigenvalue weighted by molar-refractivity contribution is -0.123. The standard InChI is InChI=1S/C26H26N2O5/c1-4-13-33-16-11-9-15(10-12-16)28-24(31)19-20(25(28)32)26(27-21(19)14(2)3)22(29)17-7-5-6-8-18(17)23(26)30/h5-12,14,19-21,27H,4,13H2,1-3H3/t19-,20-,21+/m0/s1. The minimum absolute atomic E-state index is 0.0669. The topological polar surface area (TPSA) is 92.8 Å². The lowest BCUT2D eigenvalue weighted by atomic mass is 9.76. The fourth-order valence-electron chi connectivity index (χ4n) is 5.52. The van der Waals surface area contributed by atoms with Crippen molar-refractivity contribution in [3.8, 4) is 5.75 Å². The van der Waals surface area contributed by atoms with Crippen molar-refractivity contribution in [2.75, 3.05) is 11.5 Å². The second kappa shape index (κ2) is 7.63. The quantitative estimate of drug-likeness (QED) is 0.561. The molecule has 2 heterocycles. The molecule has 0 unspecified atom stereocenters. The molecule has 2 amide bonds. The van der Waals surface area contributed by atoms with Crippen molar-refractivity contribution in [2.24, 2.45) is 17.8 Å². The van der Waals surface area contributed by atoms with Gasteiger partial charge < -0.3 is 4.74 Å². The number of fused-ring (bicyclic) bond motifs is 3. The number of carbonyl (C=O) groups excluding carboxylic acids is 4. The van der Waals surface area contributed by atoms with Crippen LogP contribution in [-0.4, -0.2) is 41.6 Å². The van der Waals surface area contributed by atoms with Crippen molar-refractivity contribution < 1.29 is 23.9 Å². The predicted octanol–water partition coefficient (Wildman–Crippen LogP) is 3.03. The van der Waals surface area contributed by atoms with Crippen LogP contribution in [0.1, 0.15) is 47.9 Å². The summed E-state index contributed by atoms with van der Waals surface area (Å²) < 4.78 is 5.60. The molecule has 2 fully saturated rings. The first-order valence-corrected chi connectivity index (χ1v) is 11.4. The molecule has 1 N–H and O–H groups in total. The van der Waals surface area contributed by atoms with E-state index in [4.69, 9.17) is 4.74 Å². The van der Waals surface area contributed by atoms with Crippen molar-refractivity contribution in [1.82, 2.24) is 5.32 Å². The Morgan fingerprint density at radius 2 is 1.55 bits per heavy atom. The summed E-state index contributed by atoms with van der Waals surface area (Å²) in [4.78, 5) is 55.7. The largest absolute Gasteiger partial charge is 0.494 e. The number of nitrogens with zero attached hydrogens (tertiary/aromatic N) is 1. The van der Waals surface area contributed by atoms with Crippen molar-refractivity contribution in [3.05, 3.63) is 59.7 Å². The van der Waals surface area contributed by atoms with Gasteiger partial charge >= 0.3 is 0 Å². The summed E-state index contributed by atoms with van der Waals surface area (Å²) in [5.74, 6) is -3.04. The Bertz CT molecular complexity index is 1130. The first kappa shape index (κ1) is 21.5. The maximum Gasteiger partial charge on any atom is 0.240 e. The van der Waals surface area contributed by atoms with Crippen LogP contribution in [0.3, 0.4) is 0 Å². The molecule has 2 saturated heterocycles. The van der Waals surface area contributed by atoms with E-state index < -0.39 is 40.9 Å². The highest BCUT2D eigenvalue weighted by molar-refractivity contribution is 6.37. The number of imide groups is 1. The number of Topliss-reactive ketones (excluding diaryl/α,β-unsaturated/α-hetero) is 2. The molecule has 7 heteroatoms. The van der Waals surface area contributed by atoms with Crippen molar-refractivity contribution in [2.45, 2.75) is 38.8 Å². The Morgan fingerprint density at radius 1 is 0.939 bits per heavy atom. The molecule has 0 bridgehead atoms. The number of hydrogen-bond acceptors (Lipinski definition) is 6. The third kappa shape index (κ3) is 2.85. The van der Waals surface area contributed by atoms with Crippen LogP contribution in [0.25, 0.3) is 0 Å². The van der Waals surface area contributed by atoms with E-state index in [0.717, 1.165) is 11.3 Å². The van der Waals surface area contributed by atoms with Gasteiger partial charge in [-0.15, -0.1) is 0 Å². The first-order chi connectivity index (χ1) is 15.8. The van der Waals surface area contributed by atoms with Crippen LogP contribution in [0.2, 0.25) is 0 Å². The molecule has 170 valence electrons. The van der Waals surface area contributed by atoms with Crippen LogP contribution in [0, 0.1) is 17.8 Å². The third-order valence-electron chi connectivity index (χ3n) is 7.02. The monoisotopic (exact) mass is 446 g/mol. The SMILES string of the molecule is CCCOc1ccc(N2C(=O)[C@@H]3[C@@H](C(C)C)NC4(C(=O)c5ccccc5C4=O)[C@@H]3C2=O)cc1. The molecule has 7 nitrogen and oxygen atoms in total. The number of nitrogens with one attached hydrogen (secondary N) is 1. The summed E-state index contributed by atoms with van der Waals surface area (Å²) in [6.45, 7) is 6.42. The number of hydrogen-bond donors (Lipinski definition) is 1. The second-order valence-electron chi connectivity index (χ2n) is 9.28. The van der Waals surface area contributed by atoms with Crippen LogP contribution >= 0.6 is 0 Å². The fourth-order valence-corrected chi connectivity index (χ4v) is 5.52. The van der Waals surface area contributed by atoms with Gasteiger partial charge in [0.15, 0.2) is 17.1 Å². The summed E-state index contributed by atoms with van der Waals surface area (Å²) >= 11 is 0. The molecule has 5 rings (SSSR count). The molecular weight excluding hydrogens is 420 g/mol. The number of amides is 2. The molecule has 2 aliphatic heterocycles. The number of anilines is 1. The van der Waals surface area contributed by atoms with E-state index in [0.29, 0.717) is 29.2 Å². The molecule has 33 heavy (non-hydrogen) atoms. The first-order valence-electron chi connectivity index (χ1n) is 11.4. The minimum atomic E-state index is -1.74. The number of benzene rings is 2. The zero-order valence-corrected chi connectivity index (χ0v) is 18.8. The van der Waals surface area contributed by atoms with Gasteiger partial charge in [0, 0.05) is 17.2 Å². The van der Waals surface area contributed by atoms with Crippen LogP contribution in [0.5, 0.6) is 5.75 Å². The van der Waals surface area contributed by atoms with Gasteiger partial charge in [-0.05, 0) is 36.6 Å². The Kier molecular flexibility index (Phi) is 4.97. The van der Waals surface area contributed by atoms with E-state index in [-0.39, 0.29) is 11.8 Å². The van der Waals surface area contributed by atoms with Crippen molar-refractivity contribution >= 4 is 29.1 Å². The van der Waals surface area contributed by atoms with Gasteiger partial charge in [0.2, 0.25) is 11.8 Å². The molecule has 2 aromatic carbocycles. The molecule has 2 aromatic rings. The Balaban J connectivity index is 1.57. The molecule has 3 atom stereocenters. The number of ether oxygens (including phenoxy) is 1. The summed E-state index contributed by atoms with van der Waals surface area (Å²) in [7, 11) is 0. The predicted molar refractivity (Wildman–Crippen MR) is 121 cm³/mol. The Morgan fingerprint density at radius 3 is 2.09 bits per heavy atom. The van der Waals surface area contributed by atoms with Gasteiger partial charge in [-0.2, -0.15) is 0 Å².